The van der Waals surface area contributed by atoms with E-state index >= 15 is 0 Å². The van der Waals surface area contributed by atoms with Crippen molar-refractivity contribution >= 4 is 49.8 Å². The Bertz CT molecular complexity index is 3130. The van der Waals surface area contributed by atoms with E-state index in [-0.39, 0.29) is 5.41 Å². The van der Waals surface area contributed by atoms with Gasteiger partial charge in [-0.3, -0.25) is 0 Å². The summed E-state index contributed by atoms with van der Waals surface area (Å²) in [5, 5.41) is 4.81. The highest BCUT2D eigenvalue weighted by molar-refractivity contribution is 6.09. The second kappa shape index (κ2) is 13.0. The Morgan fingerprint density at radius 3 is 1.67 bits per heavy atom. The molecule has 9 aromatic carbocycles. The van der Waals surface area contributed by atoms with Gasteiger partial charge in [-0.1, -0.05) is 172 Å². The molecule has 1 aliphatic rings. The maximum absolute atomic E-state index is 6.43. The van der Waals surface area contributed by atoms with Crippen LogP contribution in [0.2, 0.25) is 0 Å². The van der Waals surface area contributed by atoms with Crippen molar-refractivity contribution in [3.63, 3.8) is 0 Å². The van der Waals surface area contributed by atoms with Crippen molar-refractivity contribution in [2.24, 2.45) is 0 Å². The third-order valence-electron chi connectivity index (χ3n) is 12.1. The van der Waals surface area contributed by atoms with Crippen molar-refractivity contribution in [1.29, 1.82) is 0 Å². The van der Waals surface area contributed by atoms with Gasteiger partial charge in [0.1, 0.15) is 11.2 Å². The fourth-order valence-electron chi connectivity index (χ4n) is 9.17. The Balaban J connectivity index is 0.979. The number of benzene rings is 9. The minimum atomic E-state index is -0.106. The van der Waals surface area contributed by atoms with Gasteiger partial charge in [-0.25, -0.2) is 0 Å². The van der Waals surface area contributed by atoms with Crippen LogP contribution in [0.3, 0.4) is 0 Å². The monoisotopic (exact) mass is 729 g/mol. The number of fused-ring (bicyclic) bond motifs is 7. The minimum Gasteiger partial charge on any atom is -0.455 e. The Kier molecular flexibility index (Phi) is 7.55. The van der Waals surface area contributed by atoms with E-state index in [2.05, 4.69) is 207 Å². The van der Waals surface area contributed by atoms with Crippen molar-refractivity contribution in [2.75, 3.05) is 4.90 Å². The molecule has 0 unspecified atom stereocenters. The van der Waals surface area contributed by atoms with Crippen LogP contribution in [0.15, 0.2) is 205 Å². The van der Waals surface area contributed by atoms with Gasteiger partial charge in [0.25, 0.3) is 0 Å². The molecule has 270 valence electrons. The van der Waals surface area contributed by atoms with Gasteiger partial charge in [-0.15, -0.1) is 0 Å². The SMILES string of the molecule is CC1(C)c2ccccc2-c2ccc(N(c3ccc(-c4ccc(-c5cccc6ccccc56)cc4)cc3)c3ccc(-c4cccc5c4oc4ccccc45)cc3)cc21. The fourth-order valence-corrected chi connectivity index (χ4v) is 9.17. The van der Waals surface area contributed by atoms with Gasteiger partial charge in [0, 0.05) is 38.8 Å². The van der Waals surface area contributed by atoms with E-state index < -0.39 is 0 Å². The standard InChI is InChI=1S/C55H39NO/c1-55(2)51-19-7-5-14-47(51)48-34-33-43(35-52(48)55)56(42-31-27-40(28-32-42)46-17-10-18-50-49-15-6-8-20-53(49)57-54(46)50)41-29-25-37(26-30-41)36-21-23-39(24-22-36)45-16-9-12-38-11-3-4-13-44(38)45/h3-35H,1-2H3. The molecule has 0 saturated heterocycles. The van der Waals surface area contributed by atoms with Crippen LogP contribution in [-0.4, -0.2) is 0 Å². The van der Waals surface area contributed by atoms with Crippen molar-refractivity contribution in [1.82, 2.24) is 0 Å². The molecule has 1 aromatic heterocycles. The molecule has 0 N–H and O–H groups in total. The molecule has 0 aliphatic heterocycles. The van der Waals surface area contributed by atoms with Crippen LogP contribution in [0.1, 0.15) is 25.0 Å². The average Bonchev–Trinajstić information content (AvgIpc) is 3.76. The van der Waals surface area contributed by atoms with Crippen molar-refractivity contribution < 1.29 is 4.42 Å². The molecule has 2 heteroatoms. The van der Waals surface area contributed by atoms with Gasteiger partial charge in [-0.2, -0.15) is 0 Å². The summed E-state index contributed by atoms with van der Waals surface area (Å²) >= 11 is 0. The molecule has 0 radical (unpaired) electrons. The normalized spacial score (nSPS) is 12.9. The maximum atomic E-state index is 6.43. The third kappa shape index (κ3) is 5.40. The summed E-state index contributed by atoms with van der Waals surface area (Å²) in [5.41, 5.74) is 17.5. The summed E-state index contributed by atoms with van der Waals surface area (Å²) in [4.78, 5) is 2.39. The fraction of sp³-hybridized carbons (Fsp3) is 0.0545. The molecule has 2 nitrogen and oxygen atoms in total. The number of rotatable bonds is 6. The summed E-state index contributed by atoms with van der Waals surface area (Å²) in [6.07, 6.45) is 0. The Morgan fingerprint density at radius 1 is 0.368 bits per heavy atom. The lowest BCUT2D eigenvalue weighted by Gasteiger charge is -2.28. The van der Waals surface area contributed by atoms with E-state index in [1.165, 1.54) is 55.3 Å². The maximum Gasteiger partial charge on any atom is 0.143 e. The number of nitrogens with zero attached hydrogens (tertiary/aromatic N) is 1. The van der Waals surface area contributed by atoms with Crippen LogP contribution >= 0.6 is 0 Å². The number of hydrogen-bond donors (Lipinski definition) is 0. The average molecular weight is 730 g/mol. The van der Waals surface area contributed by atoms with Crippen molar-refractivity contribution in [2.45, 2.75) is 19.3 Å². The number of furan rings is 1. The van der Waals surface area contributed by atoms with E-state index in [4.69, 9.17) is 4.42 Å². The summed E-state index contributed by atoms with van der Waals surface area (Å²) < 4.78 is 6.43. The first-order valence-corrected chi connectivity index (χ1v) is 19.8. The number of anilines is 3. The van der Waals surface area contributed by atoms with Gasteiger partial charge in [-0.05, 0) is 103 Å². The number of para-hydroxylation sites is 2. The molecule has 0 spiro atoms. The molecule has 0 amide bonds. The molecule has 0 bridgehead atoms. The molecule has 1 aliphatic carbocycles. The Labute approximate surface area is 332 Å². The van der Waals surface area contributed by atoms with Crippen molar-refractivity contribution in [3.8, 4) is 44.5 Å². The zero-order valence-electron chi connectivity index (χ0n) is 31.9. The molecule has 57 heavy (non-hydrogen) atoms. The molecule has 0 saturated carbocycles. The van der Waals surface area contributed by atoms with Crippen LogP contribution in [0.5, 0.6) is 0 Å². The lowest BCUT2D eigenvalue weighted by molar-refractivity contribution is 0.660. The van der Waals surface area contributed by atoms with E-state index in [9.17, 15) is 0 Å². The molecular formula is C55H39NO. The minimum absolute atomic E-state index is 0.106. The highest BCUT2D eigenvalue weighted by Gasteiger charge is 2.35. The van der Waals surface area contributed by atoms with Crippen LogP contribution in [-0.2, 0) is 5.41 Å². The molecule has 0 atom stereocenters. The Hall–Kier alpha value is -7.16. The van der Waals surface area contributed by atoms with E-state index in [1.807, 2.05) is 12.1 Å². The summed E-state index contributed by atoms with van der Waals surface area (Å²) in [6.45, 7) is 4.69. The first-order chi connectivity index (χ1) is 28.0. The van der Waals surface area contributed by atoms with Crippen LogP contribution in [0.25, 0.3) is 77.2 Å². The Morgan fingerprint density at radius 2 is 0.877 bits per heavy atom. The summed E-state index contributed by atoms with van der Waals surface area (Å²) in [5.74, 6) is 0. The van der Waals surface area contributed by atoms with Gasteiger partial charge in [0.2, 0.25) is 0 Å². The molecular weight excluding hydrogens is 691 g/mol. The predicted molar refractivity (Wildman–Crippen MR) is 240 cm³/mol. The quantitative estimate of drug-likeness (QED) is 0.169. The topological polar surface area (TPSA) is 16.4 Å². The molecule has 11 rings (SSSR count). The second-order valence-corrected chi connectivity index (χ2v) is 15.7. The van der Waals surface area contributed by atoms with E-state index in [1.54, 1.807) is 0 Å². The summed E-state index contributed by atoms with van der Waals surface area (Å²) in [6, 6.07) is 72.6. The third-order valence-corrected chi connectivity index (χ3v) is 12.1. The number of hydrogen-bond acceptors (Lipinski definition) is 2. The lowest BCUT2D eigenvalue weighted by Crippen LogP contribution is -2.16. The molecule has 0 fully saturated rings. The second-order valence-electron chi connectivity index (χ2n) is 15.7. The first kappa shape index (κ1) is 33.2. The highest BCUT2D eigenvalue weighted by atomic mass is 16.3. The summed E-state index contributed by atoms with van der Waals surface area (Å²) in [7, 11) is 0. The zero-order chi connectivity index (χ0) is 38.1. The van der Waals surface area contributed by atoms with Crippen LogP contribution in [0, 0.1) is 0 Å². The predicted octanol–water partition coefficient (Wildman–Crippen LogP) is 15.5. The zero-order valence-corrected chi connectivity index (χ0v) is 31.9. The van der Waals surface area contributed by atoms with Gasteiger partial charge < -0.3 is 9.32 Å². The van der Waals surface area contributed by atoms with Gasteiger partial charge in [0.15, 0.2) is 0 Å². The molecule has 1 heterocycles. The van der Waals surface area contributed by atoms with E-state index in [0.29, 0.717) is 0 Å². The lowest BCUT2D eigenvalue weighted by atomic mass is 9.82. The van der Waals surface area contributed by atoms with Crippen LogP contribution in [0.4, 0.5) is 17.1 Å². The first-order valence-electron chi connectivity index (χ1n) is 19.8. The van der Waals surface area contributed by atoms with E-state index in [0.717, 1.165) is 50.1 Å². The van der Waals surface area contributed by atoms with Gasteiger partial charge in [0.05, 0.1) is 0 Å². The van der Waals surface area contributed by atoms with Crippen molar-refractivity contribution in [3.05, 3.63) is 211 Å². The van der Waals surface area contributed by atoms with Gasteiger partial charge >= 0.3 is 0 Å². The van der Waals surface area contributed by atoms with Crippen LogP contribution < -0.4 is 4.90 Å². The largest absolute Gasteiger partial charge is 0.455 e. The smallest absolute Gasteiger partial charge is 0.143 e. The molecule has 10 aromatic rings. The highest BCUT2D eigenvalue weighted by Crippen LogP contribution is 2.51.